The number of halogens is 6. The molecule has 4 aromatic rings. The predicted octanol–water partition coefficient (Wildman–Crippen LogP) is 4.78. The molecule has 1 amide bonds. The summed E-state index contributed by atoms with van der Waals surface area (Å²) in [7, 11) is 1.48. The molecule has 5 rings (SSSR count). The van der Waals surface area contributed by atoms with Gasteiger partial charge in [-0.15, -0.1) is 0 Å². The average Bonchev–Trinajstić information content (AvgIpc) is 3.46. The van der Waals surface area contributed by atoms with Crippen LogP contribution in [0.4, 0.5) is 32.0 Å². The summed E-state index contributed by atoms with van der Waals surface area (Å²) in [6.45, 7) is 1.79. The lowest BCUT2D eigenvalue weighted by Gasteiger charge is -2.29. The molecule has 0 bridgehead atoms. The van der Waals surface area contributed by atoms with Gasteiger partial charge in [0, 0.05) is 30.9 Å². The van der Waals surface area contributed by atoms with E-state index >= 15 is 0 Å². The first-order valence-corrected chi connectivity index (χ1v) is 14.2. The molecule has 0 aliphatic carbocycles. The minimum absolute atomic E-state index is 0.0113. The molecule has 0 spiro atoms. The van der Waals surface area contributed by atoms with Crippen LogP contribution in [0.2, 0.25) is 0 Å². The third-order valence-electron chi connectivity index (χ3n) is 7.56. The smallest absolute Gasteiger partial charge is 0.433 e. The molecular formula is C30H30F6N6O4. The van der Waals surface area contributed by atoms with Crippen LogP contribution in [0, 0.1) is 0 Å². The van der Waals surface area contributed by atoms with E-state index in [9.17, 15) is 35.9 Å². The molecule has 1 aliphatic rings. The Labute approximate surface area is 258 Å². The van der Waals surface area contributed by atoms with E-state index in [1.807, 2.05) is 0 Å². The van der Waals surface area contributed by atoms with Crippen LogP contribution in [0.5, 0.6) is 5.75 Å². The Morgan fingerprint density at radius 1 is 1.07 bits per heavy atom. The lowest BCUT2D eigenvalue weighted by molar-refractivity contribution is -0.142. The van der Waals surface area contributed by atoms with Crippen molar-refractivity contribution in [2.45, 2.75) is 51.2 Å². The predicted molar refractivity (Wildman–Crippen MR) is 153 cm³/mol. The summed E-state index contributed by atoms with van der Waals surface area (Å²) in [5.41, 5.74) is -1.93. The first-order chi connectivity index (χ1) is 21.8. The molecule has 10 nitrogen and oxygen atoms in total. The van der Waals surface area contributed by atoms with Crippen LogP contribution < -0.4 is 15.6 Å². The van der Waals surface area contributed by atoms with E-state index in [4.69, 9.17) is 9.47 Å². The highest BCUT2D eigenvalue weighted by atomic mass is 19.4. The van der Waals surface area contributed by atoms with Gasteiger partial charge in [0.05, 0.1) is 51.4 Å². The Hall–Kier alpha value is -4.60. The quantitative estimate of drug-likeness (QED) is 0.194. The number of fused-ring (bicyclic) bond motifs is 3. The van der Waals surface area contributed by atoms with Crippen LogP contribution >= 0.6 is 0 Å². The molecular weight excluding hydrogens is 622 g/mol. The van der Waals surface area contributed by atoms with Crippen molar-refractivity contribution in [3.05, 3.63) is 87.2 Å². The molecule has 0 radical (unpaired) electrons. The van der Waals surface area contributed by atoms with Gasteiger partial charge in [-0.2, -0.15) is 31.4 Å². The molecule has 0 saturated carbocycles. The Bertz CT molecular complexity index is 1770. The number of carbonyl (C=O) groups is 1. The van der Waals surface area contributed by atoms with Gasteiger partial charge in [0.1, 0.15) is 22.7 Å². The molecule has 46 heavy (non-hydrogen) atoms. The van der Waals surface area contributed by atoms with Crippen molar-refractivity contribution >= 4 is 17.2 Å². The monoisotopic (exact) mass is 652 g/mol. The molecule has 0 unspecified atom stereocenters. The average molecular weight is 653 g/mol. The fourth-order valence-corrected chi connectivity index (χ4v) is 5.29. The van der Waals surface area contributed by atoms with Crippen LogP contribution in [0.3, 0.4) is 0 Å². The zero-order valence-electron chi connectivity index (χ0n) is 24.8. The highest BCUT2D eigenvalue weighted by molar-refractivity contribution is 5.77. The number of methoxy groups -OCH3 is 1. The number of nitrogens with one attached hydrogen (secondary N) is 1. The largest absolute Gasteiger partial charge is 0.497 e. The molecule has 0 saturated heterocycles. The van der Waals surface area contributed by atoms with Crippen LogP contribution in [-0.4, -0.2) is 62.9 Å². The highest BCUT2D eigenvalue weighted by Crippen LogP contribution is 2.33. The van der Waals surface area contributed by atoms with Gasteiger partial charge in [0.2, 0.25) is 5.91 Å². The maximum atomic E-state index is 13.9. The lowest BCUT2D eigenvalue weighted by Crippen LogP contribution is -2.37. The number of pyridine rings is 1. The molecule has 1 N–H and O–H groups in total. The standard InChI is InChI=1S/C30H30F6N6O4/c1-18(39-23-13-38-42(28(44)26(23)30(34,35)36)15-19-3-5-21(45-2)6-4-19)17-46-12-9-25(43)40-10-8-22-20(16-40)7-11-41-24(29(31,32)33)14-37-27(22)41/h3-7,11,13-14,18,39H,8-10,12,15-17H2,1-2H3/t18-/m0/s1. The van der Waals surface area contributed by atoms with Gasteiger partial charge in [-0.25, -0.2) is 9.67 Å². The highest BCUT2D eigenvalue weighted by Gasteiger charge is 2.39. The number of hydrogen-bond donors (Lipinski definition) is 1. The van der Waals surface area contributed by atoms with E-state index in [2.05, 4.69) is 15.4 Å². The normalized spacial score (nSPS) is 14.3. The maximum Gasteiger partial charge on any atom is 0.433 e. The number of rotatable bonds is 10. The van der Waals surface area contributed by atoms with E-state index in [1.165, 1.54) is 13.3 Å². The summed E-state index contributed by atoms with van der Waals surface area (Å²) >= 11 is 0. The van der Waals surface area contributed by atoms with Crippen LogP contribution in [0.15, 0.2) is 53.7 Å². The van der Waals surface area contributed by atoms with E-state index in [-0.39, 0.29) is 50.8 Å². The van der Waals surface area contributed by atoms with Crippen molar-refractivity contribution in [2.75, 3.05) is 32.2 Å². The van der Waals surface area contributed by atoms with Crippen molar-refractivity contribution in [3.8, 4) is 5.75 Å². The second-order valence-corrected chi connectivity index (χ2v) is 10.8. The van der Waals surface area contributed by atoms with E-state index in [0.717, 1.165) is 21.5 Å². The van der Waals surface area contributed by atoms with Crippen LogP contribution in [0.25, 0.3) is 5.65 Å². The van der Waals surface area contributed by atoms with Gasteiger partial charge < -0.3 is 19.7 Å². The van der Waals surface area contributed by atoms with Crippen molar-refractivity contribution in [1.82, 2.24) is 24.1 Å². The number of hydrogen-bond acceptors (Lipinski definition) is 7. The lowest BCUT2D eigenvalue weighted by atomic mass is 10.0. The molecule has 1 aromatic carbocycles. The first-order valence-electron chi connectivity index (χ1n) is 14.2. The first kappa shape index (κ1) is 32.8. The van der Waals surface area contributed by atoms with Gasteiger partial charge in [-0.3, -0.25) is 14.0 Å². The molecule has 3 aromatic heterocycles. The number of carbonyl (C=O) groups excluding carboxylic acids is 1. The molecule has 16 heteroatoms. The van der Waals surface area contributed by atoms with Gasteiger partial charge >= 0.3 is 12.4 Å². The molecule has 4 heterocycles. The third kappa shape index (κ3) is 7.11. The number of ether oxygens (including phenoxy) is 2. The number of imidazole rings is 1. The Balaban J connectivity index is 1.14. The zero-order chi connectivity index (χ0) is 33.2. The summed E-state index contributed by atoms with van der Waals surface area (Å²) in [6.07, 6.45) is -6.15. The van der Waals surface area contributed by atoms with Gasteiger partial charge in [0.15, 0.2) is 0 Å². The summed E-state index contributed by atoms with van der Waals surface area (Å²) in [5, 5.41) is 6.56. The number of benzene rings is 1. The Morgan fingerprint density at radius 2 is 1.80 bits per heavy atom. The van der Waals surface area contributed by atoms with Gasteiger partial charge in [0.25, 0.3) is 5.56 Å². The van der Waals surface area contributed by atoms with E-state index in [0.29, 0.717) is 28.9 Å². The van der Waals surface area contributed by atoms with Gasteiger partial charge in [-0.05, 0) is 42.7 Å². The number of amides is 1. The fourth-order valence-electron chi connectivity index (χ4n) is 5.29. The van der Waals surface area contributed by atoms with Crippen LogP contribution in [-0.2, 0) is 41.4 Å². The maximum absolute atomic E-state index is 13.9. The SMILES string of the molecule is COc1ccc(Cn2ncc(N[C@@H](C)COCCC(=O)N3CCc4c(ccn5c(C(F)(F)F)cnc45)C3)c(C(F)(F)F)c2=O)cc1. The summed E-state index contributed by atoms with van der Waals surface area (Å²) < 4.78 is 93.9. The second kappa shape index (κ2) is 13.0. The Morgan fingerprint density at radius 3 is 2.48 bits per heavy atom. The zero-order valence-corrected chi connectivity index (χ0v) is 24.8. The minimum Gasteiger partial charge on any atom is -0.497 e. The van der Waals surface area contributed by atoms with Crippen LogP contribution in [0.1, 0.15) is 41.3 Å². The molecule has 1 aliphatic heterocycles. The summed E-state index contributed by atoms with van der Waals surface area (Å²) in [6, 6.07) is 7.36. The van der Waals surface area contributed by atoms with Gasteiger partial charge in [-0.1, -0.05) is 12.1 Å². The number of anilines is 1. The number of aromatic nitrogens is 4. The fraction of sp³-hybridized carbons (Fsp3) is 0.400. The Kier molecular flexibility index (Phi) is 9.28. The summed E-state index contributed by atoms with van der Waals surface area (Å²) in [4.78, 5) is 31.1. The molecule has 1 atom stereocenters. The topological polar surface area (TPSA) is 103 Å². The molecule has 0 fully saturated rings. The van der Waals surface area contributed by atoms with Crippen molar-refractivity contribution < 1.29 is 40.6 Å². The van der Waals surface area contributed by atoms with E-state index < -0.39 is 40.9 Å². The summed E-state index contributed by atoms with van der Waals surface area (Å²) in [5.74, 6) is 0.317. The van der Waals surface area contributed by atoms with Crippen molar-refractivity contribution in [3.63, 3.8) is 0 Å². The molecule has 246 valence electrons. The number of nitrogens with zero attached hydrogens (tertiary/aromatic N) is 5. The number of alkyl halides is 6. The van der Waals surface area contributed by atoms with Crippen molar-refractivity contribution in [1.29, 1.82) is 0 Å². The minimum atomic E-state index is -4.95. The second-order valence-electron chi connectivity index (χ2n) is 10.8. The third-order valence-corrected chi connectivity index (χ3v) is 7.56. The van der Waals surface area contributed by atoms with Crippen molar-refractivity contribution in [2.24, 2.45) is 0 Å². The van der Waals surface area contributed by atoms with E-state index in [1.54, 1.807) is 42.2 Å².